The zero-order valence-electron chi connectivity index (χ0n) is 14.8. The number of hydrogen-bond donors (Lipinski definition) is 2. The van der Waals surface area contributed by atoms with Crippen molar-refractivity contribution >= 4 is 38.5 Å². The number of H-pyrrole nitrogens is 1. The summed E-state index contributed by atoms with van der Waals surface area (Å²) in [5, 5.41) is 2.63. The van der Waals surface area contributed by atoms with Gasteiger partial charge in [-0.05, 0) is 42.5 Å². The summed E-state index contributed by atoms with van der Waals surface area (Å²) >= 11 is 0. The lowest BCUT2D eigenvalue weighted by Crippen LogP contribution is -2.21. The van der Waals surface area contributed by atoms with Gasteiger partial charge in [-0.15, -0.1) is 0 Å². The van der Waals surface area contributed by atoms with Gasteiger partial charge in [0.15, 0.2) is 5.78 Å². The summed E-state index contributed by atoms with van der Waals surface area (Å²) in [5.74, 6) is -0.666. The molecule has 0 fully saturated rings. The van der Waals surface area contributed by atoms with Crippen molar-refractivity contribution in [2.45, 2.75) is 9.79 Å². The Morgan fingerprint density at radius 2 is 1.62 bits per heavy atom. The highest BCUT2D eigenvalue weighted by atomic mass is 32.2. The summed E-state index contributed by atoms with van der Waals surface area (Å²) in [7, 11) is -3.91. The van der Waals surface area contributed by atoms with Gasteiger partial charge in [-0.25, -0.2) is 13.4 Å². The van der Waals surface area contributed by atoms with Crippen LogP contribution in [0, 0.1) is 0 Å². The number of rotatable bonds is 2. The van der Waals surface area contributed by atoms with E-state index in [4.69, 9.17) is 0 Å². The first kappa shape index (κ1) is 17.3. The van der Waals surface area contributed by atoms with Crippen molar-refractivity contribution in [1.82, 2.24) is 9.97 Å². The molecule has 142 valence electrons. The fourth-order valence-corrected chi connectivity index (χ4v) is 5.09. The van der Waals surface area contributed by atoms with Gasteiger partial charge >= 0.3 is 0 Å². The van der Waals surface area contributed by atoms with Crippen molar-refractivity contribution in [2.24, 2.45) is 0 Å². The molecule has 4 aromatic rings. The van der Waals surface area contributed by atoms with Gasteiger partial charge in [0.25, 0.3) is 5.91 Å². The first-order valence-electron chi connectivity index (χ1n) is 8.74. The quantitative estimate of drug-likeness (QED) is 0.470. The predicted octanol–water partition coefficient (Wildman–Crippen LogP) is 3.19. The van der Waals surface area contributed by atoms with Gasteiger partial charge < -0.3 is 4.98 Å². The van der Waals surface area contributed by atoms with E-state index in [0.29, 0.717) is 5.52 Å². The summed E-state index contributed by atoms with van der Waals surface area (Å²) in [6.45, 7) is 0. The Morgan fingerprint density at radius 1 is 0.897 bits per heavy atom. The lowest BCUT2D eigenvalue weighted by atomic mass is 10.0. The molecule has 0 radical (unpaired) electrons. The number of aromatic amines is 1. The molecule has 3 aromatic carbocycles. The Kier molecular flexibility index (Phi) is 3.65. The SMILES string of the molecule is O=C(Nc1nc2ccccc2[nH]1)c1ccc2c(c1)S(=O)(=O)c1ccccc1C2=O. The molecule has 0 spiro atoms. The van der Waals surface area contributed by atoms with Crippen LogP contribution in [0.15, 0.2) is 76.5 Å². The fourth-order valence-electron chi connectivity index (χ4n) is 3.42. The second-order valence-electron chi connectivity index (χ2n) is 6.60. The topological polar surface area (TPSA) is 109 Å². The minimum atomic E-state index is -3.91. The van der Waals surface area contributed by atoms with E-state index in [9.17, 15) is 18.0 Å². The highest BCUT2D eigenvalue weighted by Crippen LogP contribution is 2.34. The highest BCUT2D eigenvalue weighted by Gasteiger charge is 2.35. The van der Waals surface area contributed by atoms with Crippen LogP contribution in [0.4, 0.5) is 5.95 Å². The van der Waals surface area contributed by atoms with Crippen LogP contribution in [0.1, 0.15) is 26.3 Å². The maximum Gasteiger partial charge on any atom is 0.258 e. The van der Waals surface area contributed by atoms with Gasteiger partial charge in [-0.1, -0.05) is 24.3 Å². The van der Waals surface area contributed by atoms with E-state index in [-0.39, 0.29) is 38.2 Å². The largest absolute Gasteiger partial charge is 0.324 e. The number of nitrogens with zero attached hydrogens (tertiary/aromatic N) is 1. The molecule has 0 atom stereocenters. The molecule has 0 aliphatic carbocycles. The molecule has 1 aromatic heterocycles. The van der Waals surface area contributed by atoms with Gasteiger partial charge in [0.1, 0.15) is 0 Å². The molecule has 1 aliphatic heterocycles. The number of sulfone groups is 1. The van der Waals surface area contributed by atoms with Crippen LogP contribution < -0.4 is 5.32 Å². The number of carbonyl (C=O) groups excluding carboxylic acids is 2. The van der Waals surface area contributed by atoms with Gasteiger partial charge in [-0.2, -0.15) is 0 Å². The van der Waals surface area contributed by atoms with Crippen LogP contribution in [0.25, 0.3) is 11.0 Å². The number of benzene rings is 3. The molecule has 29 heavy (non-hydrogen) atoms. The Labute approximate surface area is 165 Å². The van der Waals surface area contributed by atoms with Crippen molar-refractivity contribution in [2.75, 3.05) is 5.32 Å². The minimum Gasteiger partial charge on any atom is -0.324 e. The molecule has 0 saturated carbocycles. The van der Waals surface area contributed by atoms with Crippen LogP contribution in [0.2, 0.25) is 0 Å². The van der Waals surface area contributed by atoms with E-state index >= 15 is 0 Å². The van der Waals surface area contributed by atoms with Crippen LogP contribution >= 0.6 is 0 Å². The number of nitrogens with one attached hydrogen (secondary N) is 2. The molecule has 5 rings (SSSR count). The molecule has 2 N–H and O–H groups in total. The monoisotopic (exact) mass is 403 g/mol. The number of hydrogen-bond acceptors (Lipinski definition) is 5. The molecule has 0 bridgehead atoms. The van der Waals surface area contributed by atoms with E-state index < -0.39 is 15.7 Å². The number of anilines is 1. The number of amides is 1. The Bertz CT molecular complexity index is 1400. The fraction of sp³-hybridized carbons (Fsp3) is 0. The molecule has 0 unspecified atom stereocenters. The van der Waals surface area contributed by atoms with Crippen molar-refractivity contribution in [3.8, 4) is 0 Å². The average molecular weight is 403 g/mol. The van der Waals surface area contributed by atoms with Crippen LogP contribution in [0.5, 0.6) is 0 Å². The average Bonchev–Trinajstić information content (AvgIpc) is 3.14. The Balaban J connectivity index is 1.54. The van der Waals surface area contributed by atoms with Gasteiger partial charge in [-0.3, -0.25) is 14.9 Å². The minimum absolute atomic E-state index is 0.0488. The molecule has 2 heterocycles. The van der Waals surface area contributed by atoms with Crippen molar-refractivity contribution in [3.05, 3.63) is 83.4 Å². The number of carbonyl (C=O) groups is 2. The molecular formula is C21H13N3O4S. The molecule has 1 amide bonds. The maximum atomic E-state index is 13.0. The lowest BCUT2D eigenvalue weighted by Gasteiger charge is -2.19. The van der Waals surface area contributed by atoms with Gasteiger partial charge in [0, 0.05) is 16.7 Å². The molecule has 7 nitrogen and oxygen atoms in total. The molecule has 1 aliphatic rings. The van der Waals surface area contributed by atoms with Crippen molar-refractivity contribution < 1.29 is 18.0 Å². The van der Waals surface area contributed by atoms with Crippen LogP contribution in [0.3, 0.4) is 0 Å². The number of para-hydroxylation sites is 2. The summed E-state index contributed by atoms with van der Waals surface area (Å²) in [4.78, 5) is 32.4. The maximum absolute atomic E-state index is 13.0. The van der Waals surface area contributed by atoms with Crippen molar-refractivity contribution in [1.29, 1.82) is 0 Å². The molecule has 8 heteroatoms. The second-order valence-corrected chi connectivity index (χ2v) is 8.48. The third-order valence-corrected chi connectivity index (χ3v) is 6.67. The lowest BCUT2D eigenvalue weighted by molar-refractivity contribution is 0.101. The predicted molar refractivity (Wildman–Crippen MR) is 106 cm³/mol. The van der Waals surface area contributed by atoms with Crippen molar-refractivity contribution in [3.63, 3.8) is 0 Å². The highest BCUT2D eigenvalue weighted by molar-refractivity contribution is 7.91. The summed E-state index contributed by atoms with van der Waals surface area (Å²) < 4.78 is 26.0. The van der Waals surface area contributed by atoms with E-state index in [1.165, 1.54) is 30.3 Å². The number of fused-ring (bicyclic) bond motifs is 3. The number of ketones is 1. The van der Waals surface area contributed by atoms with Gasteiger partial charge in [0.05, 0.1) is 20.8 Å². The standard InChI is InChI=1S/C21H13N3O4S/c25-19-13-5-1-4-8-17(13)29(27,28)18-11-12(9-10-14(18)19)20(26)24-21-22-15-6-2-3-7-16(15)23-21/h1-11H,(H2,22,23,24,26). The van der Waals surface area contributed by atoms with E-state index in [1.807, 2.05) is 18.2 Å². The number of imidazole rings is 1. The summed E-state index contributed by atoms with van der Waals surface area (Å²) in [6.07, 6.45) is 0. The van der Waals surface area contributed by atoms with E-state index in [2.05, 4.69) is 15.3 Å². The second kappa shape index (κ2) is 6.11. The van der Waals surface area contributed by atoms with E-state index in [1.54, 1.807) is 18.2 Å². The first-order chi connectivity index (χ1) is 13.9. The Hall–Kier alpha value is -3.78. The normalized spacial score (nSPS) is 14.3. The number of aromatic nitrogens is 2. The van der Waals surface area contributed by atoms with Gasteiger partial charge in [0.2, 0.25) is 15.8 Å². The smallest absolute Gasteiger partial charge is 0.258 e. The van der Waals surface area contributed by atoms with Crippen LogP contribution in [-0.4, -0.2) is 30.1 Å². The third-order valence-electron chi connectivity index (χ3n) is 4.82. The molecular weight excluding hydrogens is 390 g/mol. The zero-order valence-corrected chi connectivity index (χ0v) is 15.7. The van der Waals surface area contributed by atoms with Crippen LogP contribution in [-0.2, 0) is 9.84 Å². The third kappa shape index (κ3) is 2.65. The first-order valence-corrected chi connectivity index (χ1v) is 10.2. The summed E-state index contributed by atoms with van der Waals surface area (Å²) in [5.41, 5.74) is 1.76. The summed E-state index contributed by atoms with van der Waals surface area (Å²) in [6, 6.07) is 17.4. The Morgan fingerprint density at radius 3 is 2.45 bits per heavy atom. The zero-order chi connectivity index (χ0) is 20.2. The van der Waals surface area contributed by atoms with E-state index in [0.717, 1.165) is 5.52 Å². The molecule has 0 saturated heterocycles.